The molecule has 0 radical (unpaired) electrons. The minimum atomic E-state index is -2.97. The van der Waals surface area contributed by atoms with Gasteiger partial charge in [-0.2, -0.15) is 0 Å². The predicted octanol–water partition coefficient (Wildman–Crippen LogP) is 1.44. The summed E-state index contributed by atoms with van der Waals surface area (Å²) in [7, 11) is -2.97. The molecule has 0 aliphatic heterocycles. The second-order valence-corrected chi connectivity index (χ2v) is 7.01. The minimum absolute atomic E-state index is 0.0729. The first-order valence-corrected chi connectivity index (χ1v) is 8.79. The lowest BCUT2D eigenvalue weighted by Gasteiger charge is -2.11. The van der Waals surface area contributed by atoms with E-state index in [4.69, 9.17) is 11.6 Å². The fourth-order valence-corrected chi connectivity index (χ4v) is 2.16. The molecule has 0 saturated heterocycles. The summed E-state index contributed by atoms with van der Waals surface area (Å²) in [4.78, 5) is 4.38. The summed E-state index contributed by atoms with van der Waals surface area (Å²) in [6.45, 7) is 3.41. The zero-order chi connectivity index (χ0) is 15.0. The van der Waals surface area contributed by atoms with Gasteiger partial charge in [0.2, 0.25) is 0 Å². The van der Waals surface area contributed by atoms with Crippen LogP contribution in [0.1, 0.15) is 12.5 Å². The van der Waals surface area contributed by atoms with E-state index in [0.29, 0.717) is 30.6 Å². The molecule has 2 N–H and O–H groups in total. The van der Waals surface area contributed by atoms with E-state index in [0.717, 1.165) is 5.56 Å². The number of guanidine groups is 1. The van der Waals surface area contributed by atoms with Crippen LogP contribution in [0.25, 0.3) is 0 Å². The molecule has 1 aromatic rings. The summed E-state index contributed by atoms with van der Waals surface area (Å²) in [6, 6.07) is 7.49. The fraction of sp³-hybridized carbons (Fsp3) is 0.462. The molecule has 0 heterocycles. The molecule has 0 saturated carbocycles. The van der Waals surface area contributed by atoms with Crippen molar-refractivity contribution in [1.29, 1.82) is 0 Å². The third-order valence-corrected chi connectivity index (χ3v) is 3.79. The van der Waals surface area contributed by atoms with Crippen LogP contribution in [0.3, 0.4) is 0 Å². The van der Waals surface area contributed by atoms with E-state index in [1.165, 1.54) is 6.26 Å². The number of rotatable bonds is 6. The van der Waals surface area contributed by atoms with Gasteiger partial charge in [0.15, 0.2) is 5.96 Å². The van der Waals surface area contributed by atoms with Gasteiger partial charge in [-0.25, -0.2) is 13.4 Å². The average Bonchev–Trinajstić information content (AvgIpc) is 2.36. The summed E-state index contributed by atoms with van der Waals surface area (Å²) in [5.41, 5.74) is 0.925. The molecule has 112 valence electrons. The number of nitrogens with zero attached hydrogens (tertiary/aromatic N) is 1. The molecule has 7 heteroatoms. The number of hydrogen-bond donors (Lipinski definition) is 2. The summed E-state index contributed by atoms with van der Waals surface area (Å²) in [6.07, 6.45) is 1.21. The molecular formula is C13H20ClN3O2S. The molecule has 0 amide bonds. The summed E-state index contributed by atoms with van der Waals surface area (Å²) in [5, 5.41) is 6.71. The van der Waals surface area contributed by atoms with Crippen molar-refractivity contribution >= 4 is 27.4 Å². The number of hydrogen-bond acceptors (Lipinski definition) is 3. The van der Waals surface area contributed by atoms with Crippen LogP contribution in [0.2, 0.25) is 5.02 Å². The highest BCUT2D eigenvalue weighted by atomic mass is 35.5. The number of sulfone groups is 1. The van der Waals surface area contributed by atoms with Gasteiger partial charge in [0.25, 0.3) is 0 Å². The highest BCUT2D eigenvalue weighted by Crippen LogP contribution is 2.15. The second-order valence-electron chi connectivity index (χ2n) is 4.34. The van der Waals surface area contributed by atoms with Gasteiger partial charge in [-0.15, -0.1) is 0 Å². The predicted molar refractivity (Wildman–Crippen MR) is 84.0 cm³/mol. The van der Waals surface area contributed by atoms with Crippen molar-refractivity contribution < 1.29 is 8.42 Å². The lowest BCUT2D eigenvalue weighted by molar-refractivity contribution is 0.600. The number of halogens is 1. The van der Waals surface area contributed by atoms with Gasteiger partial charge in [0.05, 0.1) is 12.3 Å². The third-order valence-electron chi connectivity index (χ3n) is 2.47. The molecule has 0 unspecified atom stereocenters. The van der Waals surface area contributed by atoms with Gasteiger partial charge in [-0.05, 0) is 18.6 Å². The van der Waals surface area contributed by atoms with E-state index in [2.05, 4.69) is 15.6 Å². The molecule has 0 atom stereocenters. The van der Waals surface area contributed by atoms with Crippen molar-refractivity contribution in [2.45, 2.75) is 13.5 Å². The molecule has 1 aromatic carbocycles. The van der Waals surface area contributed by atoms with E-state index in [9.17, 15) is 8.42 Å². The van der Waals surface area contributed by atoms with E-state index < -0.39 is 9.84 Å². The van der Waals surface area contributed by atoms with Gasteiger partial charge in [0, 0.05) is 24.4 Å². The lowest BCUT2D eigenvalue weighted by atomic mass is 10.2. The second kappa shape index (κ2) is 8.11. The zero-order valence-corrected chi connectivity index (χ0v) is 13.3. The minimum Gasteiger partial charge on any atom is -0.357 e. The Bertz CT molecular complexity index is 558. The first kappa shape index (κ1) is 16.8. The van der Waals surface area contributed by atoms with E-state index >= 15 is 0 Å². The van der Waals surface area contributed by atoms with Gasteiger partial charge < -0.3 is 10.6 Å². The van der Waals surface area contributed by atoms with Crippen LogP contribution in [0.4, 0.5) is 0 Å². The van der Waals surface area contributed by atoms with Crippen LogP contribution in [-0.4, -0.2) is 39.5 Å². The van der Waals surface area contributed by atoms with Gasteiger partial charge in [0.1, 0.15) is 9.84 Å². The molecule has 0 aliphatic carbocycles. The van der Waals surface area contributed by atoms with Crippen LogP contribution in [0, 0.1) is 0 Å². The van der Waals surface area contributed by atoms with Crippen LogP contribution in [0.5, 0.6) is 0 Å². The first-order valence-electron chi connectivity index (χ1n) is 6.35. The molecule has 0 aromatic heterocycles. The first-order chi connectivity index (χ1) is 9.42. The van der Waals surface area contributed by atoms with Crippen molar-refractivity contribution in [3.05, 3.63) is 34.9 Å². The molecule has 0 aliphatic rings. The fourth-order valence-electron chi connectivity index (χ4n) is 1.49. The molecule has 20 heavy (non-hydrogen) atoms. The van der Waals surface area contributed by atoms with Crippen molar-refractivity contribution in [2.75, 3.05) is 25.1 Å². The maximum Gasteiger partial charge on any atom is 0.191 e. The maximum absolute atomic E-state index is 11.1. The highest BCUT2D eigenvalue weighted by Gasteiger charge is 2.03. The van der Waals surface area contributed by atoms with E-state index in [1.807, 2.05) is 31.2 Å². The Morgan fingerprint density at radius 3 is 2.60 bits per heavy atom. The molecule has 0 spiro atoms. The van der Waals surface area contributed by atoms with Gasteiger partial charge in [-0.3, -0.25) is 0 Å². The van der Waals surface area contributed by atoms with E-state index in [1.54, 1.807) is 0 Å². The summed E-state index contributed by atoms with van der Waals surface area (Å²) < 4.78 is 22.2. The Hall–Kier alpha value is -1.27. The van der Waals surface area contributed by atoms with Crippen LogP contribution < -0.4 is 10.6 Å². The highest BCUT2D eigenvalue weighted by molar-refractivity contribution is 7.90. The Balaban J connectivity index is 2.61. The van der Waals surface area contributed by atoms with Crippen LogP contribution in [0.15, 0.2) is 29.3 Å². The quantitative estimate of drug-likeness (QED) is 0.615. The van der Waals surface area contributed by atoms with Crippen molar-refractivity contribution in [2.24, 2.45) is 4.99 Å². The Morgan fingerprint density at radius 1 is 1.30 bits per heavy atom. The number of nitrogens with one attached hydrogen (secondary N) is 2. The zero-order valence-electron chi connectivity index (χ0n) is 11.7. The Labute approximate surface area is 125 Å². The number of aliphatic imine (C=N–C) groups is 1. The standard InChI is InChI=1S/C13H20ClN3O2S/c1-3-15-13(16-8-9-20(2,18)19)17-10-11-6-4-5-7-12(11)14/h4-7H,3,8-10H2,1-2H3,(H2,15,16,17). The largest absolute Gasteiger partial charge is 0.357 e. The summed E-state index contributed by atoms with van der Waals surface area (Å²) >= 11 is 6.06. The lowest BCUT2D eigenvalue weighted by Crippen LogP contribution is -2.39. The van der Waals surface area contributed by atoms with Gasteiger partial charge in [-0.1, -0.05) is 29.8 Å². The molecular weight excluding hydrogens is 298 g/mol. The van der Waals surface area contributed by atoms with Crippen LogP contribution >= 0.6 is 11.6 Å². The topological polar surface area (TPSA) is 70.6 Å². The monoisotopic (exact) mass is 317 g/mol. The molecule has 1 rings (SSSR count). The third kappa shape index (κ3) is 6.77. The molecule has 0 fully saturated rings. The maximum atomic E-state index is 11.1. The normalized spacial score (nSPS) is 12.2. The van der Waals surface area contributed by atoms with Crippen molar-refractivity contribution in [3.8, 4) is 0 Å². The smallest absolute Gasteiger partial charge is 0.191 e. The van der Waals surface area contributed by atoms with Crippen molar-refractivity contribution in [3.63, 3.8) is 0 Å². The molecule has 0 bridgehead atoms. The SMILES string of the molecule is CCNC(=NCc1ccccc1Cl)NCCS(C)(=O)=O. The Kier molecular flexibility index (Phi) is 6.81. The number of benzene rings is 1. The van der Waals surface area contributed by atoms with Crippen molar-refractivity contribution in [1.82, 2.24) is 10.6 Å². The van der Waals surface area contributed by atoms with E-state index in [-0.39, 0.29) is 5.75 Å². The average molecular weight is 318 g/mol. The van der Waals surface area contributed by atoms with Gasteiger partial charge >= 0.3 is 0 Å². The summed E-state index contributed by atoms with van der Waals surface area (Å²) in [5.74, 6) is 0.653. The van der Waals surface area contributed by atoms with Crippen LogP contribution in [-0.2, 0) is 16.4 Å². The Morgan fingerprint density at radius 2 is 2.00 bits per heavy atom. The molecule has 5 nitrogen and oxygen atoms in total.